The third kappa shape index (κ3) is 46.2. The van der Waals surface area contributed by atoms with Crippen molar-refractivity contribution < 1.29 is 37.3 Å². The molecule has 0 fully saturated rings. The molecule has 0 bridgehead atoms. The van der Waals surface area contributed by atoms with E-state index in [4.69, 9.17) is 18.5 Å². The average Bonchev–Trinajstić information content (AvgIpc) is 3.16. The van der Waals surface area contributed by atoms with Gasteiger partial charge < -0.3 is 18.9 Å². The number of carbonyl (C=O) groups excluding carboxylic acids is 1. The van der Waals surface area contributed by atoms with Crippen LogP contribution in [0, 0.1) is 0 Å². The second-order valence-corrected chi connectivity index (χ2v) is 19.3. The number of quaternary nitrogens is 1. The summed E-state index contributed by atoms with van der Waals surface area (Å²) in [5.41, 5.74) is 0. The van der Waals surface area contributed by atoms with Gasteiger partial charge in [0.05, 0.1) is 34.4 Å². The summed E-state index contributed by atoms with van der Waals surface area (Å²) in [6.07, 6.45) is 46.8. The van der Waals surface area contributed by atoms with Crippen LogP contribution in [0.3, 0.4) is 0 Å². The largest absolute Gasteiger partial charge is 0.472 e. The quantitative estimate of drug-likeness (QED) is 0.0215. The molecule has 0 aliphatic heterocycles. The van der Waals surface area contributed by atoms with E-state index in [0.29, 0.717) is 24.1 Å². The Morgan fingerprint density at radius 3 is 1.33 bits per heavy atom. The van der Waals surface area contributed by atoms with Gasteiger partial charge >= 0.3 is 13.8 Å². The molecule has 0 radical (unpaired) electrons. The maximum Gasteiger partial charge on any atom is 0.472 e. The number of phosphoric ester groups is 1. The minimum Gasteiger partial charge on any atom is -0.457 e. The van der Waals surface area contributed by atoms with Gasteiger partial charge in [0.15, 0.2) is 0 Å². The number of hydrogen-bond donors (Lipinski definition) is 1. The topological polar surface area (TPSA) is 91.3 Å². The van der Waals surface area contributed by atoms with Crippen LogP contribution in [0.1, 0.15) is 232 Å². The standard InChI is InChI=1S/C48H96NO7P/c1-6-8-10-12-14-16-18-20-22-23-24-25-26-28-30-32-34-36-38-40-43-53-45-47(46-55-57(51,52)54-44-42-49(3,4)5)56-48(50)41-39-37-35-33-31-29-27-21-19-17-15-13-11-9-7-2/h21,27,47H,6-20,22-26,28-46H2,1-5H3/p+1/b27-21-. The lowest BCUT2D eigenvalue weighted by Gasteiger charge is -2.24. The lowest BCUT2D eigenvalue weighted by Crippen LogP contribution is -2.37. The van der Waals surface area contributed by atoms with Crippen molar-refractivity contribution in [1.82, 2.24) is 0 Å². The SMILES string of the molecule is CCCCCCCC/C=C\CCCCCCCC(=O)OC(COCCCCCCCCCCCCCCCCCCCCCC)COP(=O)(O)OCC[N+](C)(C)C. The molecule has 1 N–H and O–H groups in total. The number of unbranched alkanes of at least 4 members (excludes halogenated alkanes) is 30. The molecule has 0 spiro atoms. The van der Waals surface area contributed by atoms with Crippen molar-refractivity contribution in [1.29, 1.82) is 0 Å². The number of esters is 1. The average molecular weight is 831 g/mol. The molecule has 0 aromatic heterocycles. The zero-order valence-electron chi connectivity index (χ0n) is 38.6. The van der Waals surface area contributed by atoms with Gasteiger partial charge in [-0.2, -0.15) is 0 Å². The molecule has 0 aromatic rings. The number of nitrogens with zero attached hydrogens (tertiary/aromatic N) is 1. The molecule has 0 heterocycles. The summed E-state index contributed by atoms with van der Waals surface area (Å²) in [5.74, 6) is -0.317. The highest BCUT2D eigenvalue weighted by molar-refractivity contribution is 7.47. The van der Waals surface area contributed by atoms with Gasteiger partial charge in [-0.3, -0.25) is 13.8 Å². The summed E-state index contributed by atoms with van der Waals surface area (Å²) in [5, 5.41) is 0. The van der Waals surface area contributed by atoms with Crippen LogP contribution in [0.5, 0.6) is 0 Å². The van der Waals surface area contributed by atoms with E-state index in [9.17, 15) is 14.3 Å². The van der Waals surface area contributed by atoms with E-state index in [2.05, 4.69) is 26.0 Å². The van der Waals surface area contributed by atoms with Crippen molar-refractivity contribution in [3.8, 4) is 0 Å². The van der Waals surface area contributed by atoms with Crippen LogP contribution in [0.2, 0.25) is 0 Å². The Labute approximate surface area is 354 Å². The molecule has 0 saturated heterocycles. The van der Waals surface area contributed by atoms with Crippen LogP contribution < -0.4 is 0 Å². The summed E-state index contributed by atoms with van der Waals surface area (Å²) >= 11 is 0. The summed E-state index contributed by atoms with van der Waals surface area (Å²) < 4.78 is 35.1. The van der Waals surface area contributed by atoms with Crippen LogP contribution in [0.15, 0.2) is 12.2 Å². The highest BCUT2D eigenvalue weighted by atomic mass is 31.2. The third-order valence-corrected chi connectivity index (χ3v) is 11.8. The first-order valence-electron chi connectivity index (χ1n) is 24.4. The van der Waals surface area contributed by atoms with E-state index in [1.165, 1.54) is 173 Å². The van der Waals surface area contributed by atoms with Crippen LogP contribution in [-0.2, 0) is 27.9 Å². The zero-order valence-corrected chi connectivity index (χ0v) is 39.5. The first kappa shape index (κ1) is 56.2. The van der Waals surface area contributed by atoms with Crippen molar-refractivity contribution in [2.24, 2.45) is 0 Å². The van der Waals surface area contributed by atoms with Crippen LogP contribution >= 0.6 is 7.82 Å². The maximum atomic E-state index is 12.7. The van der Waals surface area contributed by atoms with Gasteiger partial charge in [-0.25, -0.2) is 4.57 Å². The molecular weight excluding hydrogens is 734 g/mol. The fourth-order valence-electron chi connectivity index (χ4n) is 7.02. The lowest BCUT2D eigenvalue weighted by molar-refractivity contribution is -0.870. The van der Waals surface area contributed by atoms with E-state index in [-0.39, 0.29) is 25.8 Å². The summed E-state index contributed by atoms with van der Waals surface area (Å²) in [4.78, 5) is 22.9. The number of hydrogen-bond acceptors (Lipinski definition) is 6. The monoisotopic (exact) mass is 831 g/mol. The molecule has 8 nitrogen and oxygen atoms in total. The van der Waals surface area contributed by atoms with E-state index in [1.54, 1.807) is 0 Å². The molecule has 57 heavy (non-hydrogen) atoms. The van der Waals surface area contributed by atoms with Crippen molar-refractivity contribution in [2.45, 2.75) is 238 Å². The predicted octanol–water partition coefficient (Wildman–Crippen LogP) is 14.6. The Balaban J connectivity index is 4.13. The Morgan fingerprint density at radius 2 is 0.912 bits per heavy atom. The number of carbonyl (C=O) groups is 1. The van der Waals surface area contributed by atoms with E-state index >= 15 is 0 Å². The Kier molecular flexibility index (Phi) is 41.4. The molecule has 340 valence electrons. The molecule has 9 heteroatoms. The molecule has 0 amide bonds. The molecule has 2 atom stereocenters. The van der Waals surface area contributed by atoms with E-state index in [0.717, 1.165) is 38.5 Å². The van der Waals surface area contributed by atoms with Crippen LogP contribution in [-0.4, -0.2) is 75.6 Å². The van der Waals surface area contributed by atoms with Crippen molar-refractivity contribution in [2.75, 3.05) is 54.1 Å². The molecule has 0 rings (SSSR count). The highest BCUT2D eigenvalue weighted by Gasteiger charge is 2.26. The van der Waals surface area contributed by atoms with Crippen LogP contribution in [0.25, 0.3) is 0 Å². The number of phosphoric acid groups is 1. The summed E-state index contributed by atoms with van der Waals surface area (Å²) in [6, 6.07) is 0. The Morgan fingerprint density at radius 1 is 0.526 bits per heavy atom. The molecule has 0 saturated carbocycles. The second-order valence-electron chi connectivity index (χ2n) is 17.9. The smallest absolute Gasteiger partial charge is 0.457 e. The summed E-state index contributed by atoms with van der Waals surface area (Å²) in [7, 11) is 1.68. The maximum absolute atomic E-state index is 12.7. The fourth-order valence-corrected chi connectivity index (χ4v) is 7.76. The van der Waals surface area contributed by atoms with Gasteiger partial charge in [0.1, 0.15) is 19.3 Å². The minimum atomic E-state index is -4.27. The fraction of sp³-hybridized carbons (Fsp3) is 0.938. The zero-order chi connectivity index (χ0) is 42.0. The molecular formula is C48H97NO7P+. The van der Waals surface area contributed by atoms with Gasteiger partial charge in [-0.15, -0.1) is 0 Å². The van der Waals surface area contributed by atoms with E-state index in [1.807, 2.05) is 21.1 Å². The highest BCUT2D eigenvalue weighted by Crippen LogP contribution is 2.43. The second kappa shape index (κ2) is 42.0. The first-order chi connectivity index (χ1) is 27.6. The first-order valence-corrected chi connectivity index (χ1v) is 25.9. The van der Waals surface area contributed by atoms with Gasteiger partial charge in [0.25, 0.3) is 0 Å². The van der Waals surface area contributed by atoms with Crippen molar-refractivity contribution >= 4 is 13.8 Å². The molecule has 2 unspecified atom stereocenters. The predicted molar refractivity (Wildman–Crippen MR) is 243 cm³/mol. The normalized spacial score (nSPS) is 13.7. The number of ether oxygens (including phenoxy) is 2. The van der Waals surface area contributed by atoms with Gasteiger partial charge in [-0.05, 0) is 38.5 Å². The number of allylic oxidation sites excluding steroid dienone is 2. The Bertz CT molecular complexity index is 925. The van der Waals surface area contributed by atoms with Gasteiger partial charge in [0, 0.05) is 13.0 Å². The van der Waals surface area contributed by atoms with Crippen molar-refractivity contribution in [3.63, 3.8) is 0 Å². The third-order valence-electron chi connectivity index (χ3n) is 10.8. The van der Waals surface area contributed by atoms with Crippen molar-refractivity contribution in [3.05, 3.63) is 12.2 Å². The van der Waals surface area contributed by atoms with Gasteiger partial charge in [-0.1, -0.05) is 199 Å². The van der Waals surface area contributed by atoms with Crippen LogP contribution in [0.4, 0.5) is 0 Å². The molecule has 0 aliphatic rings. The lowest BCUT2D eigenvalue weighted by atomic mass is 10.0. The van der Waals surface area contributed by atoms with E-state index < -0.39 is 13.9 Å². The minimum absolute atomic E-state index is 0.0904. The molecule has 0 aromatic carbocycles. The number of rotatable bonds is 46. The molecule has 0 aliphatic carbocycles. The van der Waals surface area contributed by atoms with Gasteiger partial charge in [0.2, 0.25) is 0 Å². The number of likely N-dealkylation sites (N-methyl/N-ethyl adjacent to an activating group) is 1. The summed E-state index contributed by atoms with van der Waals surface area (Å²) in [6.45, 7) is 5.66. The Hall–Kier alpha value is -0.760.